The highest BCUT2D eigenvalue weighted by molar-refractivity contribution is 6.13. The molecule has 1 aliphatic heterocycles. The van der Waals surface area contributed by atoms with Crippen LogP contribution in [0.5, 0.6) is 11.5 Å². The zero-order valence-corrected chi connectivity index (χ0v) is 38.0. The molecule has 1 unspecified atom stereocenters. The Balaban J connectivity index is 0.886. The van der Waals surface area contributed by atoms with Crippen LogP contribution in [0.4, 0.5) is 0 Å². The maximum absolute atomic E-state index is 7.05. The van der Waals surface area contributed by atoms with Gasteiger partial charge in [0.15, 0.2) is 0 Å². The summed E-state index contributed by atoms with van der Waals surface area (Å²) < 4.78 is 14.2. The predicted molar refractivity (Wildman–Crippen MR) is 286 cm³/mol. The second kappa shape index (κ2) is 14.2. The third-order valence-electron chi connectivity index (χ3n) is 15.3. The van der Waals surface area contributed by atoms with Crippen LogP contribution in [0.3, 0.4) is 0 Å². The van der Waals surface area contributed by atoms with Crippen molar-refractivity contribution in [2.45, 2.75) is 5.41 Å². The molecule has 6 aromatic heterocycles. The summed E-state index contributed by atoms with van der Waals surface area (Å²) in [4.78, 5) is 15.1. The van der Waals surface area contributed by atoms with Gasteiger partial charge in [0.2, 0.25) is 0 Å². The monoisotopic (exact) mass is 906 g/mol. The number of hydrogen-bond acceptors (Lipinski definition) is 4. The first-order valence-electron chi connectivity index (χ1n) is 24.1. The fraction of sp³-hybridized carbons (Fsp3) is 0.0156. The smallest absolute Gasteiger partial charge is 0.132 e. The van der Waals surface area contributed by atoms with Gasteiger partial charge in [-0.2, -0.15) is 0 Å². The van der Waals surface area contributed by atoms with Gasteiger partial charge in [-0.1, -0.05) is 133 Å². The Morgan fingerprint density at radius 1 is 0.338 bits per heavy atom. The normalized spacial score (nSPS) is 14.6. The van der Waals surface area contributed by atoms with Gasteiger partial charge >= 0.3 is 0 Å². The standard InChI is InChI=1S/C64H38N6O/c1-7-21-52-42(14-1)43-15-2-8-22-53(43)68(52)41-36-51-63(67-37-41)62-50(20-13-32-66-62)64(51)48-19-6-12-26-60(48)71-61-35-40(27-29-49(61)64)39-28-30-57-47(34-39)46-18-5-11-25-56(46)69(57)58-31-33-65-38-59(58)70-54-23-9-3-16-44(54)45-17-4-10-24-55(45)70/h1-38H. The van der Waals surface area contributed by atoms with Crippen LogP contribution in [0, 0.1) is 0 Å². The topological polar surface area (TPSA) is 62.7 Å². The minimum Gasteiger partial charge on any atom is -0.457 e. The van der Waals surface area contributed by atoms with Crippen LogP contribution in [0.15, 0.2) is 231 Å². The second-order valence-electron chi connectivity index (χ2n) is 18.7. The number of nitrogens with zero attached hydrogens (tertiary/aromatic N) is 6. The molecule has 0 saturated heterocycles. The van der Waals surface area contributed by atoms with Crippen molar-refractivity contribution in [1.29, 1.82) is 0 Å². The van der Waals surface area contributed by atoms with E-state index in [1.165, 1.54) is 26.9 Å². The van der Waals surface area contributed by atoms with E-state index in [0.29, 0.717) is 0 Å². The molecule has 2 aliphatic rings. The number of ether oxygens (including phenoxy) is 1. The van der Waals surface area contributed by atoms with Crippen molar-refractivity contribution in [2.24, 2.45) is 0 Å². The average molecular weight is 907 g/mol. The fourth-order valence-corrected chi connectivity index (χ4v) is 12.4. The van der Waals surface area contributed by atoms with Crippen molar-refractivity contribution in [1.82, 2.24) is 28.7 Å². The molecule has 330 valence electrons. The van der Waals surface area contributed by atoms with E-state index in [2.05, 4.69) is 220 Å². The molecule has 16 rings (SSSR count). The summed E-state index contributed by atoms with van der Waals surface area (Å²) in [6.07, 6.45) is 7.79. The van der Waals surface area contributed by atoms with Crippen LogP contribution < -0.4 is 4.74 Å². The van der Waals surface area contributed by atoms with E-state index in [0.717, 1.165) is 112 Å². The van der Waals surface area contributed by atoms with Gasteiger partial charge in [-0.25, -0.2) is 0 Å². The van der Waals surface area contributed by atoms with Crippen molar-refractivity contribution >= 4 is 65.4 Å². The van der Waals surface area contributed by atoms with Crippen LogP contribution in [0.2, 0.25) is 0 Å². The quantitative estimate of drug-likeness (QED) is 0.176. The molecule has 7 heteroatoms. The molecular formula is C64H38N6O. The van der Waals surface area contributed by atoms with E-state index in [1.54, 1.807) is 0 Å². The van der Waals surface area contributed by atoms with Crippen LogP contribution in [-0.4, -0.2) is 28.7 Å². The van der Waals surface area contributed by atoms with Gasteiger partial charge in [-0.05, 0) is 89.5 Å². The molecule has 0 bridgehead atoms. The highest BCUT2D eigenvalue weighted by Gasteiger charge is 2.52. The molecule has 1 atom stereocenters. The maximum Gasteiger partial charge on any atom is 0.132 e. The molecule has 1 aliphatic carbocycles. The lowest BCUT2D eigenvalue weighted by atomic mass is 9.66. The van der Waals surface area contributed by atoms with Crippen molar-refractivity contribution < 1.29 is 4.74 Å². The second-order valence-corrected chi connectivity index (χ2v) is 18.7. The lowest BCUT2D eigenvalue weighted by Crippen LogP contribution is -2.32. The van der Waals surface area contributed by atoms with Crippen molar-refractivity contribution in [2.75, 3.05) is 0 Å². The minimum absolute atomic E-state index is 0.751. The molecular weight excluding hydrogens is 869 g/mol. The van der Waals surface area contributed by atoms with Gasteiger partial charge in [0.05, 0.1) is 79.4 Å². The molecule has 8 aromatic carbocycles. The summed E-state index contributed by atoms with van der Waals surface area (Å²) in [5.74, 6) is 1.62. The number of aromatic nitrogens is 6. The third kappa shape index (κ3) is 5.08. The van der Waals surface area contributed by atoms with E-state index in [4.69, 9.17) is 19.7 Å². The zero-order chi connectivity index (χ0) is 46.4. The Kier molecular flexibility index (Phi) is 7.69. The number of hydrogen-bond donors (Lipinski definition) is 0. The molecule has 14 aromatic rings. The Bertz CT molecular complexity index is 4490. The zero-order valence-electron chi connectivity index (χ0n) is 38.0. The van der Waals surface area contributed by atoms with Gasteiger partial charge in [-0.3, -0.25) is 15.0 Å². The summed E-state index contributed by atoms with van der Waals surface area (Å²) in [5, 5.41) is 7.19. The molecule has 7 nitrogen and oxygen atoms in total. The maximum atomic E-state index is 7.05. The van der Waals surface area contributed by atoms with Gasteiger partial charge in [0.25, 0.3) is 0 Å². The van der Waals surface area contributed by atoms with E-state index < -0.39 is 5.41 Å². The highest BCUT2D eigenvalue weighted by atomic mass is 16.5. The summed E-state index contributed by atoms with van der Waals surface area (Å²) in [6.45, 7) is 0. The third-order valence-corrected chi connectivity index (χ3v) is 15.3. The molecule has 0 amide bonds. The number of benzene rings is 8. The van der Waals surface area contributed by atoms with Crippen LogP contribution in [-0.2, 0) is 5.41 Å². The van der Waals surface area contributed by atoms with E-state index in [1.807, 2.05) is 24.8 Å². The largest absolute Gasteiger partial charge is 0.457 e. The van der Waals surface area contributed by atoms with E-state index >= 15 is 0 Å². The van der Waals surface area contributed by atoms with Gasteiger partial charge < -0.3 is 18.4 Å². The summed E-state index contributed by atoms with van der Waals surface area (Å²) in [5.41, 5.74) is 17.4. The number of rotatable bonds is 4. The van der Waals surface area contributed by atoms with Crippen LogP contribution >= 0.6 is 0 Å². The van der Waals surface area contributed by atoms with Crippen molar-refractivity contribution in [3.8, 4) is 51.1 Å². The first kappa shape index (κ1) is 38.4. The number of para-hydroxylation sites is 6. The first-order valence-corrected chi connectivity index (χ1v) is 24.1. The molecule has 71 heavy (non-hydrogen) atoms. The lowest BCUT2D eigenvalue weighted by molar-refractivity contribution is 0.436. The summed E-state index contributed by atoms with van der Waals surface area (Å²) >= 11 is 0. The van der Waals surface area contributed by atoms with Crippen LogP contribution in [0.25, 0.3) is 105 Å². The first-order chi connectivity index (χ1) is 35.2. The van der Waals surface area contributed by atoms with Crippen LogP contribution in [0.1, 0.15) is 22.3 Å². The van der Waals surface area contributed by atoms with Gasteiger partial charge in [-0.15, -0.1) is 0 Å². The molecule has 0 saturated carbocycles. The summed E-state index contributed by atoms with van der Waals surface area (Å²) in [7, 11) is 0. The number of pyridine rings is 3. The van der Waals surface area contributed by atoms with Crippen molar-refractivity contribution in [3.05, 3.63) is 253 Å². The molecule has 1 spiro atoms. The Labute approximate surface area is 406 Å². The molecule has 0 N–H and O–H groups in total. The minimum atomic E-state index is -0.751. The molecule has 0 fully saturated rings. The SMILES string of the molecule is c1ccc2c(c1)Oc1cc(-c3ccc4c(c3)c3ccccc3n4-c3ccncc3-n3c4ccccc4c4ccccc43)ccc1C21c2cccnc2-c2ncc(-n3c4ccccc4c4ccccc43)cc21. The number of fused-ring (bicyclic) bond motifs is 18. The fourth-order valence-electron chi connectivity index (χ4n) is 12.4. The Morgan fingerprint density at radius 2 is 0.859 bits per heavy atom. The summed E-state index contributed by atoms with van der Waals surface area (Å²) in [6, 6.07) is 74.2. The lowest BCUT2D eigenvalue weighted by Gasteiger charge is -2.39. The van der Waals surface area contributed by atoms with E-state index in [9.17, 15) is 0 Å². The Hall–Kier alpha value is -9.59. The highest BCUT2D eigenvalue weighted by Crippen LogP contribution is 2.62. The average Bonchev–Trinajstić information content (AvgIpc) is 4.15. The molecule has 0 radical (unpaired) electrons. The predicted octanol–water partition coefficient (Wildman–Crippen LogP) is 15.3. The Morgan fingerprint density at radius 3 is 1.55 bits per heavy atom. The molecule has 7 heterocycles. The van der Waals surface area contributed by atoms with Gasteiger partial charge in [0, 0.05) is 61.4 Å². The van der Waals surface area contributed by atoms with Crippen molar-refractivity contribution in [3.63, 3.8) is 0 Å². The van der Waals surface area contributed by atoms with Gasteiger partial charge in [0.1, 0.15) is 11.5 Å². The van der Waals surface area contributed by atoms with E-state index in [-0.39, 0.29) is 0 Å².